The Balaban J connectivity index is 1.54. The lowest BCUT2D eigenvalue weighted by Crippen LogP contribution is -2.46. The van der Waals surface area contributed by atoms with Gasteiger partial charge >= 0.3 is 0 Å². The van der Waals surface area contributed by atoms with Crippen LogP contribution in [0.25, 0.3) is 0 Å². The first-order valence-electron chi connectivity index (χ1n) is 9.96. The average molecular weight is 434 g/mol. The molecule has 0 aliphatic carbocycles. The molecular formula is C21H25ClFN5O2. The minimum Gasteiger partial charge on any atom is -0.491 e. The largest absolute Gasteiger partial charge is 0.491 e. The Bertz CT molecular complexity index is 970. The highest BCUT2D eigenvalue weighted by atomic mass is 35.5. The minimum atomic E-state index is -0.445. The van der Waals surface area contributed by atoms with Crippen LogP contribution >= 0.6 is 11.6 Å². The maximum absolute atomic E-state index is 13.8. The molecule has 160 valence electrons. The first-order chi connectivity index (χ1) is 14.3. The highest BCUT2D eigenvalue weighted by Crippen LogP contribution is 2.28. The number of nitrogens with one attached hydrogen (secondary N) is 2. The summed E-state index contributed by atoms with van der Waals surface area (Å²) in [4.78, 5) is 19.3. The van der Waals surface area contributed by atoms with Crippen LogP contribution in [-0.4, -0.2) is 54.8 Å². The van der Waals surface area contributed by atoms with E-state index in [9.17, 15) is 9.18 Å². The number of ether oxygens (including phenoxy) is 1. The molecule has 7 nitrogen and oxygen atoms in total. The maximum atomic E-state index is 13.8. The van der Waals surface area contributed by atoms with Gasteiger partial charge in [-0.15, -0.1) is 0 Å². The number of halogens is 2. The fourth-order valence-electron chi connectivity index (χ4n) is 3.68. The SMILES string of the molecule is CC1=N/C(=C2\CN(C(=O)c3ccc(F)cc3OC[C@H]3CCN3)CC2N)NC(C)=C1Cl. The molecule has 1 aromatic carbocycles. The number of likely N-dealkylation sites (tertiary alicyclic amines) is 1. The molecule has 0 saturated carbocycles. The van der Waals surface area contributed by atoms with Gasteiger partial charge in [0.1, 0.15) is 24.0 Å². The van der Waals surface area contributed by atoms with E-state index in [0.717, 1.165) is 24.2 Å². The fraction of sp³-hybridized carbons (Fsp3) is 0.429. The molecule has 2 fully saturated rings. The molecule has 3 heterocycles. The number of amides is 1. The summed E-state index contributed by atoms with van der Waals surface area (Å²) in [6.07, 6.45) is 1.00. The summed E-state index contributed by atoms with van der Waals surface area (Å²) in [7, 11) is 0. The Hall–Kier alpha value is -2.42. The van der Waals surface area contributed by atoms with Crippen LogP contribution in [0.5, 0.6) is 5.75 Å². The Morgan fingerprint density at radius 3 is 2.87 bits per heavy atom. The molecule has 4 N–H and O–H groups in total. The van der Waals surface area contributed by atoms with E-state index in [2.05, 4.69) is 15.6 Å². The lowest BCUT2D eigenvalue weighted by molar-refractivity contribution is 0.0787. The van der Waals surface area contributed by atoms with Crippen molar-refractivity contribution in [2.45, 2.75) is 32.4 Å². The molecule has 0 radical (unpaired) electrons. The van der Waals surface area contributed by atoms with Crippen molar-refractivity contribution in [3.8, 4) is 5.75 Å². The number of nitrogens with two attached hydrogens (primary N) is 1. The number of aliphatic imine (C=N–C) groups is 1. The van der Waals surface area contributed by atoms with Crippen LogP contribution in [0.2, 0.25) is 0 Å². The molecule has 3 aliphatic rings. The zero-order valence-corrected chi connectivity index (χ0v) is 17.7. The molecule has 2 saturated heterocycles. The summed E-state index contributed by atoms with van der Waals surface area (Å²) >= 11 is 6.20. The number of benzene rings is 1. The molecule has 30 heavy (non-hydrogen) atoms. The predicted octanol–water partition coefficient (Wildman–Crippen LogP) is 2.10. The van der Waals surface area contributed by atoms with E-state index in [1.165, 1.54) is 18.2 Å². The monoisotopic (exact) mass is 433 g/mol. The Labute approximate surface area is 179 Å². The van der Waals surface area contributed by atoms with Gasteiger partial charge in [-0.25, -0.2) is 9.38 Å². The molecule has 1 aromatic rings. The normalized spacial score (nSPS) is 26.3. The van der Waals surface area contributed by atoms with E-state index in [4.69, 9.17) is 22.1 Å². The van der Waals surface area contributed by atoms with Crippen molar-refractivity contribution in [1.29, 1.82) is 0 Å². The summed E-state index contributed by atoms with van der Waals surface area (Å²) in [6, 6.07) is 3.86. The highest BCUT2D eigenvalue weighted by molar-refractivity contribution is 6.43. The Morgan fingerprint density at radius 2 is 2.20 bits per heavy atom. The first-order valence-corrected chi connectivity index (χ1v) is 10.3. The molecule has 0 spiro atoms. The predicted molar refractivity (Wildman–Crippen MR) is 114 cm³/mol. The molecule has 3 aliphatic heterocycles. The highest BCUT2D eigenvalue weighted by Gasteiger charge is 2.33. The van der Waals surface area contributed by atoms with Gasteiger partial charge < -0.3 is 26.0 Å². The van der Waals surface area contributed by atoms with Crippen molar-refractivity contribution >= 4 is 23.2 Å². The van der Waals surface area contributed by atoms with Gasteiger partial charge in [0, 0.05) is 42.5 Å². The number of carbonyl (C=O) groups is 1. The third-order valence-corrected chi connectivity index (χ3v) is 6.15. The number of allylic oxidation sites excluding steroid dienone is 2. The second kappa shape index (κ2) is 8.37. The standard InChI is InChI=1S/C21H25ClFN5O2/c1-11-19(22)12(2)27-20(26-11)16-8-28(9-17(16)24)21(29)15-4-3-13(23)7-18(15)30-10-14-5-6-25-14/h3-4,7,14,17,25-26H,5-6,8-10,24H2,1-2H3/b20-16+/t14-,17?/m1/s1. The fourth-order valence-corrected chi connectivity index (χ4v) is 3.77. The number of hydrogen-bond acceptors (Lipinski definition) is 6. The van der Waals surface area contributed by atoms with E-state index in [1.807, 2.05) is 13.8 Å². The molecule has 0 bridgehead atoms. The zero-order valence-electron chi connectivity index (χ0n) is 17.0. The van der Waals surface area contributed by atoms with Gasteiger partial charge in [0.25, 0.3) is 5.91 Å². The van der Waals surface area contributed by atoms with Gasteiger partial charge in [0.05, 0.1) is 16.3 Å². The quantitative estimate of drug-likeness (QED) is 0.676. The van der Waals surface area contributed by atoms with Gasteiger partial charge in [0.15, 0.2) is 0 Å². The van der Waals surface area contributed by atoms with Gasteiger partial charge in [0.2, 0.25) is 0 Å². The lowest BCUT2D eigenvalue weighted by Gasteiger charge is -2.28. The van der Waals surface area contributed by atoms with Crippen LogP contribution < -0.4 is 21.1 Å². The average Bonchev–Trinajstić information content (AvgIpc) is 3.06. The number of carbonyl (C=O) groups excluding carboxylic acids is 1. The Morgan fingerprint density at radius 1 is 1.43 bits per heavy atom. The van der Waals surface area contributed by atoms with Gasteiger partial charge in [-0.1, -0.05) is 11.6 Å². The topological polar surface area (TPSA) is 92.0 Å². The van der Waals surface area contributed by atoms with Crippen LogP contribution in [-0.2, 0) is 0 Å². The summed E-state index contributed by atoms with van der Waals surface area (Å²) < 4.78 is 19.6. The van der Waals surface area contributed by atoms with E-state index >= 15 is 0 Å². The summed E-state index contributed by atoms with van der Waals surface area (Å²) in [5.41, 5.74) is 8.96. The van der Waals surface area contributed by atoms with Crippen molar-refractivity contribution in [1.82, 2.24) is 15.5 Å². The molecule has 2 atom stereocenters. The van der Waals surface area contributed by atoms with Gasteiger partial charge in [-0.2, -0.15) is 0 Å². The Kier molecular flexibility index (Phi) is 5.81. The van der Waals surface area contributed by atoms with Crippen LogP contribution in [0.15, 0.2) is 45.3 Å². The third kappa shape index (κ3) is 4.08. The summed E-state index contributed by atoms with van der Waals surface area (Å²) in [5, 5.41) is 6.97. The van der Waals surface area contributed by atoms with Crippen LogP contribution in [0.4, 0.5) is 4.39 Å². The lowest BCUT2D eigenvalue weighted by atomic mass is 10.1. The molecule has 0 aromatic heterocycles. The minimum absolute atomic E-state index is 0.231. The molecule has 9 heteroatoms. The van der Waals surface area contributed by atoms with Gasteiger partial charge in [-0.3, -0.25) is 4.79 Å². The number of hydrogen-bond donors (Lipinski definition) is 3. The molecule has 1 unspecified atom stereocenters. The van der Waals surface area contributed by atoms with E-state index in [1.54, 1.807) is 4.90 Å². The first kappa shape index (κ1) is 20.8. The van der Waals surface area contributed by atoms with Crippen molar-refractivity contribution < 1.29 is 13.9 Å². The summed E-state index contributed by atoms with van der Waals surface area (Å²) in [6.45, 7) is 5.69. The van der Waals surface area contributed by atoms with Crippen molar-refractivity contribution in [3.63, 3.8) is 0 Å². The number of nitrogens with zero attached hydrogens (tertiary/aromatic N) is 2. The van der Waals surface area contributed by atoms with Crippen LogP contribution in [0.1, 0.15) is 30.6 Å². The van der Waals surface area contributed by atoms with E-state index in [0.29, 0.717) is 41.8 Å². The summed E-state index contributed by atoms with van der Waals surface area (Å²) in [5.74, 6) is 0.182. The molecular weight excluding hydrogens is 409 g/mol. The maximum Gasteiger partial charge on any atom is 0.257 e. The molecule has 1 amide bonds. The molecule has 4 rings (SSSR count). The third-order valence-electron chi connectivity index (χ3n) is 5.59. The van der Waals surface area contributed by atoms with Gasteiger partial charge in [-0.05, 0) is 38.9 Å². The second-order valence-corrected chi connectivity index (χ2v) is 8.20. The van der Waals surface area contributed by atoms with Crippen molar-refractivity contribution in [2.24, 2.45) is 10.7 Å². The van der Waals surface area contributed by atoms with E-state index < -0.39 is 5.82 Å². The van der Waals surface area contributed by atoms with Crippen molar-refractivity contribution in [2.75, 3.05) is 26.2 Å². The second-order valence-electron chi connectivity index (χ2n) is 7.82. The van der Waals surface area contributed by atoms with Crippen molar-refractivity contribution in [3.05, 3.63) is 51.7 Å². The number of rotatable bonds is 4. The zero-order chi connectivity index (χ0) is 21.4. The van der Waals surface area contributed by atoms with E-state index in [-0.39, 0.29) is 23.7 Å². The smallest absolute Gasteiger partial charge is 0.257 e. The van der Waals surface area contributed by atoms with Crippen LogP contribution in [0, 0.1) is 5.82 Å². The van der Waals surface area contributed by atoms with Crippen LogP contribution in [0.3, 0.4) is 0 Å².